The maximum atomic E-state index is 12.5. The third-order valence-corrected chi connectivity index (χ3v) is 5.28. The molecule has 1 amide bonds. The summed E-state index contributed by atoms with van der Waals surface area (Å²) in [5.74, 6) is 0.719. The van der Waals surface area contributed by atoms with Crippen LogP contribution in [-0.2, 0) is 0 Å². The van der Waals surface area contributed by atoms with Crippen molar-refractivity contribution in [2.75, 3.05) is 31.6 Å². The SMILES string of the molecule is Cc1csc(C(=O)N(C)C[C@@]2(O)CCCN(c3cnccn3)C2)c1. The van der Waals surface area contributed by atoms with Gasteiger partial charge in [0.25, 0.3) is 5.91 Å². The number of aromatic nitrogens is 2. The lowest BCUT2D eigenvalue weighted by atomic mass is 9.92. The highest BCUT2D eigenvalue weighted by Crippen LogP contribution is 2.26. The Morgan fingerprint density at radius 1 is 1.50 bits per heavy atom. The molecule has 128 valence electrons. The van der Waals surface area contributed by atoms with E-state index >= 15 is 0 Å². The Balaban J connectivity index is 1.67. The number of anilines is 1. The van der Waals surface area contributed by atoms with Crippen molar-refractivity contribution in [2.24, 2.45) is 0 Å². The number of aryl methyl sites for hydroxylation is 1. The lowest BCUT2D eigenvalue weighted by Gasteiger charge is -2.41. The van der Waals surface area contributed by atoms with Gasteiger partial charge in [-0.05, 0) is 36.8 Å². The predicted octanol–water partition coefficient (Wildman–Crippen LogP) is 1.95. The fourth-order valence-corrected chi connectivity index (χ4v) is 4.03. The zero-order chi connectivity index (χ0) is 17.2. The highest BCUT2D eigenvalue weighted by molar-refractivity contribution is 7.12. The van der Waals surface area contributed by atoms with Crippen LogP contribution >= 0.6 is 11.3 Å². The first kappa shape index (κ1) is 16.9. The van der Waals surface area contributed by atoms with Crippen molar-refractivity contribution in [3.63, 3.8) is 0 Å². The molecule has 0 saturated carbocycles. The Morgan fingerprint density at radius 2 is 2.33 bits per heavy atom. The first-order chi connectivity index (χ1) is 11.5. The Kier molecular flexibility index (Phi) is 4.82. The van der Waals surface area contributed by atoms with Crippen LogP contribution in [0.5, 0.6) is 0 Å². The maximum absolute atomic E-state index is 12.5. The molecule has 1 aliphatic heterocycles. The summed E-state index contributed by atoms with van der Waals surface area (Å²) < 4.78 is 0. The second kappa shape index (κ2) is 6.86. The van der Waals surface area contributed by atoms with E-state index in [4.69, 9.17) is 0 Å². The molecule has 1 fully saturated rings. The van der Waals surface area contributed by atoms with E-state index in [1.54, 1.807) is 30.5 Å². The standard InChI is InChI=1S/C17H22N4O2S/c1-13-8-14(24-10-13)16(22)20(2)11-17(23)4-3-7-21(12-17)15-9-18-5-6-19-15/h5-6,8-10,23H,3-4,7,11-12H2,1-2H3/t17-/m0/s1. The van der Waals surface area contributed by atoms with Crippen LogP contribution in [0.25, 0.3) is 0 Å². The number of piperidine rings is 1. The Hall–Kier alpha value is -1.99. The summed E-state index contributed by atoms with van der Waals surface area (Å²) in [5.41, 5.74) is 0.147. The van der Waals surface area contributed by atoms with Crippen LogP contribution in [0, 0.1) is 6.92 Å². The largest absolute Gasteiger partial charge is 0.386 e. The van der Waals surface area contributed by atoms with E-state index in [9.17, 15) is 9.90 Å². The van der Waals surface area contributed by atoms with Crippen molar-refractivity contribution in [2.45, 2.75) is 25.4 Å². The van der Waals surface area contributed by atoms with Gasteiger partial charge in [-0.25, -0.2) is 4.98 Å². The van der Waals surface area contributed by atoms with Crippen LogP contribution in [0.4, 0.5) is 5.82 Å². The number of carbonyl (C=O) groups excluding carboxylic acids is 1. The molecule has 1 saturated heterocycles. The minimum atomic E-state index is -0.938. The van der Waals surface area contributed by atoms with Gasteiger partial charge in [0.15, 0.2) is 0 Å². The van der Waals surface area contributed by atoms with Crippen LogP contribution in [0.3, 0.4) is 0 Å². The van der Waals surface area contributed by atoms with Crippen molar-refractivity contribution in [3.8, 4) is 0 Å². The smallest absolute Gasteiger partial charge is 0.263 e. The number of likely N-dealkylation sites (N-methyl/N-ethyl adjacent to an activating group) is 1. The van der Waals surface area contributed by atoms with Crippen molar-refractivity contribution in [3.05, 3.63) is 40.5 Å². The molecule has 0 aromatic carbocycles. The average molecular weight is 346 g/mol. The third kappa shape index (κ3) is 3.73. The quantitative estimate of drug-likeness (QED) is 0.916. The zero-order valence-electron chi connectivity index (χ0n) is 14.0. The minimum Gasteiger partial charge on any atom is -0.386 e. The zero-order valence-corrected chi connectivity index (χ0v) is 14.8. The Labute approximate surface area is 145 Å². The lowest BCUT2D eigenvalue weighted by Crippen LogP contribution is -2.54. The summed E-state index contributed by atoms with van der Waals surface area (Å²) in [7, 11) is 1.75. The summed E-state index contributed by atoms with van der Waals surface area (Å²) >= 11 is 1.44. The first-order valence-corrected chi connectivity index (χ1v) is 8.89. The number of hydrogen-bond donors (Lipinski definition) is 1. The minimum absolute atomic E-state index is 0.0434. The van der Waals surface area contributed by atoms with Crippen molar-refractivity contribution in [1.29, 1.82) is 0 Å². The predicted molar refractivity (Wildman–Crippen MR) is 94.4 cm³/mol. The van der Waals surface area contributed by atoms with Crippen LogP contribution in [0.2, 0.25) is 0 Å². The molecule has 0 bridgehead atoms. The number of β-amino-alcohol motifs (C(OH)–C–C–N with tert-alkyl or cyclic N) is 1. The fraction of sp³-hybridized carbons (Fsp3) is 0.471. The molecule has 1 N–H and O–H groups in total. The lowest BCUT2D eigenvalue weighted by molar-refractivity contribution is -0.0000220. The molecule has 24 heavy (non-hydrogen) atoms. The van der Waals surface area contributed by atoms with E-state index in [0.29, 0.717) is 24.4 Å². The molecule has 1 aliphatic rings. The summed E-state index contributed by atoms with van der Waals surface area (Å²) in [6, 6.07) is 1.89. The monoisotopic (exact) mass is 346 g/mol. The second-order valence-corrected chi connectivity index (χ2v) is 7.37. The number of nitrogens with zero attached hydrogens (tertiary/aromatic N) is 4. The molecule has 0 unspecified atom stereocenters. The van der Waals surface area contributed by atoms with Gasteiger partial charge >= 0.3 is 0 Å². The second-order valence-electron chi connectivity index (χ2n) is 6.46. The number of amides is 1. The maximum Gasteiger partial charge on any atom is 0.263 e. The van der Waals surface area contributed by atoms with Gasteiger partial charge in [-0.1, -0.05) is 0 Å². The molecule has 6 nitrogen and oxygen atoms in total. The molecule has 0 spiro atoms. The number of aliphatic hydroxyl groups is 1. The third-order valence-electron chi connectivity index (χ3n) is 4.25. The first-order valence-electron chi connectivity index (χ1n) is 8.01. The molecular formula is C17H22N4O2S. The van der Waals surface area contributed by atoms with E-state index in [1.807, 2.05) is 23.3 Å². The number of thiophene rings is 1. The topological polar surface area (TPSA) is 69.6 Å². The summed E-state index contributed by atoms with van der Waals surface area (Å²) in [5, 5.41) is 13.0. The van der Waals surface area contributed by atoms with Gasteiger partial charge < -0.3 is 14.9 Å². The number of hydrogen-bond acceptors (Lipinski definition) is 6. The van der Waals surface area contributed by atoms with Crippen LogP contribution in [-0.4, -0.2) is 58.2 Å². The number of rotatable bonds is 4. The average Bonchev–Trinajstić information content (AvgIpc) is 3.01. The van der Waals surface area contributed by atoms with E-state index in [-0.39, 0.29) is 5.91 Å². The van der Waals surface area contributed by atoms with E-state index in [1.165, 1.54) is 11.3 Å². The van der Waals surface area contributed by atoms with Gasteiger partial charge in [0.1, 0.15) is 5.82 Å². The molecule has 1 atom stereocenters. The molecule has 3 rings (SSSR count). The van der Waals surface area contributed by atoms with Crippen molar-refractivity contribution in [1.82, 2.24) is 14.9 Å². The molecule has 2 aromatic heterocycles. The summed E-state index contributed by atoms with van der Waals surface area (Å²) in [4.78, 5) is 25.3. The van der Waals surface area contributed by atoms with Crippen LogP contribution in [0.15, 0.2) is 30.0 Å². The van der Waals surface area contributed by atoms with Crippen LogP contribution in [0.1, 0.15) is 28.1 Å². The van der Waals surface area contributed by atoms with Gasteiger partial charge in [-0.15, -0.1) is 11.3 Å². The molecule has 3 heterocycles. The van der Waals surface area contributed by atoms with Crippen molar-refractivity contribution >= 4 is 23.1 Å². The molecule has 7 heteroatoms. The van der Waals surface area contributed by atoms with Gasteiger partial charge in [-0.2, -0.15) is 0 Å². The summed E-state index contributed by atoms with van der Waals surface area (Å²) in [6.45, 7) is 3.57. The van der Waals surface area contributed by atoms with Crippen LogP contribution < -0.4 is 4.90 Å². The highest BCUT2D eigenvalue weighted by atomic mass is 32.1. The van der Waals surface area contributed by atoms with Gasteiger partial charge in [0.2, 0.25) is 0 Å². The van der Waals surface area contributed by atoms with Gasteiger partial charge in [-0.3, -0.25) is 9.78 Å². The fourth-order valence-electron chi connectivity index (χ4n) is 3.14. The Bertz CT molecular complexity index is 706. The molecule has 0 radical (unpaired) electrons. The summed E-state index contributed by atoms with van der Waals surface area (Å²) in [6.07, 6.45) is 6.51. The molecule has 2 aromatic rings. The van der Waals surface area contributed by atoms with E-state index in [0.717, 1.165) is 24.3 Å². The van der Waals surface area contributed by atoms with E-state index < -0.39 is 5.60 Å². The van der Waals surface area contributed by atoms with Gasteiger partial charge in [0.05, 0.1) is 23.2 Å². The Morgan fingerprint density at radius 3 is 3.00 bits per heavy atom. The van der Waals surface area contributed by atoms with E-state index in [2.05, 4.69) is 9.97 Å². The molecule has 0 aliphatic carbocycles. The van der Waals surface area contributed by atoms with Crippen molar-refractivity contribution < 1.29 is 9.90 Å². The number of carbonyl (C=O) groups is 1. The normalized spacial score (nSPS) is 20.9. The highest BCUT2D eigenvalue weighted by Gasteiger charge is 2.36. The molecular weight excluding hydrogens is 324 g/mol. The van der Waals surface area contributed by atoms with Gasteiger partial charge in [0, 0.05) is 32.5 Å².